The van der Waals surface area contributed by atoms with Gasteiger partial charge in [-0.2, -0.15) is 5.10 Å². The first kappa shape index (κ1) is 10.1. The first-order valence-corrected chi connectivity index (χ1v) is 5.31. The molecule has 0 aliphatic heterocycles. The molecule has 0 aliphatic rings. The van der Waals surface area contributed by atoms with Crippen molar-refractivity contribution < 1.29 is 0 Å². The predicted octanol–water partition coefficient (Wildman–Crippen LogP) is 2.66. The van der Waals surface area contributed by atoms with Gasteiger partial charge < -0.3 is 0 Å². The zero-order chi connectivity index (χ0) is 11.1. The number of rotatable bonds is 2. The fourth-order valence-corrected chi connectivity index (χ4v) is 1.50. The summed E-state index contributed by atoms with van der Waals surface area (Å²) in [6.45, 7) is 8.95. The van der Waals surface area contributed by atoms with Crippen molar-refractivity contribution in [1.82, 2.24) is 14.6 Å². The molecule has 0 fully saturated rings. The van der Waals surface area contributed by atoms with Crippen LogP contribution in [0.15, 0.2) is 24.7 Å². The van der Waals surface area contributed by atoms with Gasteiger partial charge in [-0.1, -0.05) is 27.7 Å². The second kappa shape index (κ2) is 3.33. The lowest BCUT2D eigenvalue weighted by Gasteiger charge is -2.29. The highest BCUT2D eigenvalue weighted by Crippen LogP contribution is 2.30. The molecule has 0 spiro atoms. The van der Waals surface area contributed by atoms with Crippen LogP contribution in [-0.2, 0) is 5.41 Å². The molecule has 0 atom stereocenters. The summed E-state index contributed by atoms with van der Waals surface area (Å²) >= 11 is 0. The lowest BCUT2D eigenvalue weighted by Crippen LogP contribution is -2.24. The Hall–Kier alpha value is -1.38. The molecule has 0 saturated carbocycles. The van der Waals surface area contributed by atoms with E-state index >= 15 is 0 Å². The minimum absolute atomic E-state index is 0.140. The van der Waals surface area contributed by atoms with E-state index in [1.54, 1.807) is 10.7 Å². The van der Waals surface area contributed by atoms with Gasteiger partial charge >= 0.3 is 0 Å². The molecule has 0 saturated heterocycles. The highest BCUT2D eigenvalue weighted by atomic mass is 15.2. The Morgan fingerprint density at radius 3 is 2.73 bits per heavy atom. The van der Waals surface area contributed by atoms with Crippen molar-refractivity contribution in [1.29, 1.82) is 0 Å². The van der Waals surface area contributed by atoms with Gasteiger partial charge in [0.2, 0.25) is 0 Å². The third kappa shape index (κ3) is 1.62. The maximum atomic E-state index is 4.34. The van der Waals surface area contributed by atoms with Crippen molar-refractivity contribution in [2.45, 2.75) is 33.1 Å². The van der Waals surface area contributed by atoms with Crippen LogP contribution < -0.4 is 0 Å². The molecule has 3 nitrogen and oxygen atoms in total. The van der Waals surface area contributed by atoms with Crippen LogP contribution in [0.25, 0.3) is 5.65 Å². The number of imidazole rings is 1. The fourth-order valence-electron chi connectivity index (χ4n) is 1.50. The van der Waals surface area contributed by atoms with Gasteiger partial charge in [-0.3, -0.25) is 0 Å². The van der Waals surface area contributed by atoms with Crippen LogP contribution in [0.4, 0.5) is 0 Å². The van der Waals surface area contributed by atoms with Gasteiger partial charge in [-0.05, 0) is 23.0 Å². The van der Waals surface area contributed by atoms with Gasteiger partial charge in [0, 0.05) is 12.4 Å². The fraction of sp³-hybridized carbons (Fsp3) is 0.500. The Balaban J connectivity index is 2.52. The maximum absolute atomic E-state index is 4.34. The number of hydrogen-bond acceptors (Lipinski definition) is 2. The molecular weight excluding hydrogens is 186 g/mol. The first-order valence-electron chi connectivity index (χ1n) is 5.31. The van der Waals surface area contributed by atoms with E-state index in [4.69, 9.17) is 0 Å². The monoisotopic (exact) mass is 203 g/mol. The van der Waals surface area contributed by atoms with Crippen molar-refractivity contribution in [2.75, 3.05) is 0 Å². The molecule has 80 valence electrons. The normalized spacial score (nSPS) is 12.6. The summed E-state index contributed by atoms with van der Waals surface area (Å²) < 4.78 is 1.79. The van der Waals surface area contributed by atoms with Crippen LogP contribution in [0, 0.1) is 5.92 Å². The second-order valence-corrected chi connectivity index (χ2v) is 4.85. The second-order valence-electron chi connectivity index (χ2n) is 4.85. The van der Waals surface area contributed by atoms with E-state index in [9.17, 15) is 0 Å². The summed E-state index contributed by atoms with van der Waals surface area (Å²) in [5, 5.41) is 4.34. The molecule has 0 unspecified atom stereocenters. The molecule has 0 bridgehead atoms. The first-order chi connectivity index (χ1) is 7.01. The van der Waals surface area contributed by atoms with Crippen LogP contribution in [0.5, 0.6) is 0 Å². The van der Waals surface area contributed by atoms with E-state index in [-0.39, 0.29) is 5.41 Å². The van der Waals surface area contributed by atoms with E-state index in [0.29, 0.717) is 5.92 Å². The number of fused-ring (bicyclic) bond motifs is 1. The zero-order valence-electron chi connectivity index (χ0n) is 9.73. The summed E-state index contributed by atoms with van der Waals surface area (Å²) in [5.74, 6) is 0.580. The van der Waals surface area contributed by atoms with Gasteiger partial charge in [0.1, 0.15) is 0 Å². The van der Waals surface area contributed by atoms with Crippen LogP contribution in [0.1, 0.15) is 33.3 Å². The molecule has 0 N–H and O–H groups in total. The maximum Gasteiger partial charge on any atom is 0.153 e. The average Bonchev–Trinajstić information content (AvgIpc) is 2.63. The Labute approximate surface area is 90.1 Å². The Morgan fingerprint density at radius 2 is 2.07 bits per heavy atom. The molecule has 2 aromatic heterocycles. The van der Waals surface area contributed by atoms with Gasteiger partial charge in [0.05, 0.1) is 6.20 Å². The number of nitrogens with zero attached hydrogens (tertiary/aromatic N) is 3. The van der Waals surface area contributed by atoms with E-state index in [1.165, 1.54) is 5.56 Å². The number of hydrogen-bond donors (Lipinski definition) is 0. The van der Waals surface area contributed by atoms with Crippen LogP contribution in [-0.4, -0.2) is 14.6 Å². The third-order valence-corrected chi connectivity index (χ3v) is 3.44. The smallest absolute Gasteiger partial charge is 0.153 e. The topological polar surface area (TPSA) is 30.2 Å². The van der Waals surface area contributed by atoms with E-state index in [2.05, 4.69) is 43.8 Å². The Bertz CT molecular complexity index is 468. The van der Waals surface area contributed by atoms with Gasteiger partial charge in [-0.15, -0.1) is 0 Å². The Morgan fingerprint density at radius 1 is 1.33 bits per heavy atom. The van der Waals surface area contributed by atoms with Crippen molar-refractivity contribution >= 4 is 5.65 Å². The molecule has 0 amide bonds. The number of aromatic nitrogens is 3. The standard InChI is InChI=1S/C12H17N3/c1-9(2)12(3,4)10-7-11-13-5-6-15(11)14-8-10/h5-9H,1-4H3. The van der Waals surface area contributed by atoms with Gasteiger partial charge in [0.15, 0.2) is 5.65 Å². The van der Waals surface area contributed by atoms with E-state index in [0.717, 1.165) is 5.65 Å². The largest absolute Gasteiger partial charge is 0.236 e. The molecule has 2 aromatic rings. The summed E-state index contributed by atoms with van der Waals surface area (Å²) in [4.78, 5) is 4.25. The molecule has 0 aliphatic carbocycles. The van der Waals surface area contributed by atoms with Crippen LogP contribution >= 0.6 is 0 Å². The summed E-state index contributed by atoms with van der Waals surface area (Å²) in [7, 11) is 0. The molecule has 3 heteroatoms. The minimum atomic E-state index is 0.140. The summed E-state index contributed by atoms with van der Waals surface area (Å²) in [6, 6.07) is 2.12. The molecule has 2 heterocycles. The SMILES string of the molecule is CC(C)C(C)(C)c1cnn2ccnc2c1. The van der Waals surface area contributed by atoms with Crippen LogP contribution in [0.2, 0.25) is 0 Å². The van der Waals surface area contributed by atoms with E-state index < -0.39 is 0 Å². The quantitative estimate of drug-likeness (QED) is 0.751. The molecule has 15 heavy (non-hydrogen) atoms. The van der Waals surface area contributed by atoms with Gasteiger partial charge in [0.25, 0.3) is 0 Å². The molecule has 0 radical (unpaired) electrons. The Kier molecular flexibility index (Phi) is 2.25. The van der Waals surface area contributed by atoms with Crippen molar-refractivity contribution in [3.8, 4) is 0 Å². The van der Waals surface area contributed by atoms with Gasteiger partial charge in [-0.25, -0.2) is 9.50 Å². The zero-order valence-corrected chi connectivity index (χ0v) is 9.73. The highest BCUT2D eigenvalue weighted by molar-refractivity contribution is 5.41. The lowest BCUT2D eigenvalue weighted by atomic mass is 9.76. The van der Waals surface area contributed by atoms with Crippen molar-refractivity contribution in [3.63, 3.8) is 0 Å². The predicted molar refractivity (Wildman–Crippen MR) is 60.9 cm³/mol. The molecule has 2 rings (SSSR count). The average molecular weight is 203 g/mol. The minimum Gasteiger partial charge on any atom is -0.236 e. The van der Waals surface area contributed by atoms with Crippen LogP contribution in [0.3, 0.4) is 0 Å². The van der Waals surface area contributed by atoms with Crippen molar-refractivity contribution in [3.05, 3.63) is 30.2 Å². The van der Waals surface area contributed by atoms with Crippen molar-refractivity contribution in [2.24, 2.45) is 5.92 Å². The summed E-state index contributed by atoms with van der Waals surface area (Å²) in [5.41, 5.74) is 2.30. The lowest BCUT2D eigenvalue weighted by molar-refractivity contribution is 0.370. The third-order valence-electron chi connectivity index (χ3n) is 3.44. The highest BCUT2D eigenvalue weighted by Gasteiger charge is 2.25. The summed E-state index contributed by atoms with van der Waals surface area (Å²) in [6.07, 6.45) is 5.57. The van der Waals surface area contributed by atoms with E-state index in [1.807, 2.05) is 12.4 Å². The molecular formula is C12H17N3. The molecule has 0 aromatic carbocycles.